The van der Waals surface area contributed by atoms with Crippen molar-refractivity contribution in [3.63, 3.8) is 0 Å². The van der Waals surface area contributed by atoms with Crippen LogP contribution >= 0.6 is 0 Å². The highest BCUT2D eigenvalue weighted by atomic mass is 19.4. The van der Waals surface area contributed by atoms with Crippen LogP contribution in [0.25, 0.3) is 11.1 Å². The Kier molecular flexibility index (Phi) is 3.25. The van der Waals surface area contributed by atoms with Crippen molar-refractivity contribution in [3.05, 3.63) is 42.5 Å². The van der Waals surface area contributed by atoms with Gasteiger partial charge in [-0.2, -0.15) is 0 Å². The fourth-order valence-electron chi connectivity index (χ4n) is 1.65. The van der Waals surface area contributed by atoms with E-state index in [1.807, 2.05) is 0 Å². The Bertz CT molecular complexity index is 579. The van der Waals surface area contributed by atoms with Gasteiger partial charge in [-0.05, 0) is 29.8 Å². The highest BCUT2D eigenvalue weighted by Gasteiger charge is 2.32. The van der Waals surface area contributed by atoms with Gasteiger partial charge in [-0.3, -0.25) is 0 Å². The first kappa shape index (κ1) is 13.1. The smallest absolute Gasteiger partial charge is 0.405 e. The molecule has 0 atom stereocenters. The third-order valence-corrected chi connectivity index (χ3v) is 2.45. The van der Waals surface area contributed by atoms with E-state index in [-0.39, 0.29) is 11.4 Å². The van der Waals surface area contributed by atoms with Crippen LogP contribution in [-0.2, 0) is 0 Å². The molecule has 4 N–H and O–H groups in total. The van der Waals surface area contributed by atoms with Crippen LogP contribution in [-0.4, -0.2) is 6.36 Å². The molecule has 0 saturated carbocycles. The van der Waals surface area contributed by atoms with E-state index < -0.39 is 6.36 Å². The highest BCUT2D eigenvalue weighted by Crippen LogP contribution is 2.35. The van der Waals surface area contributed by atoms with Crippen molar-refractivity contribution in [3.8, 4) is 16.9 Å². The molecule has 0 unspecified atom stereocenters. The molecular weight excluding hydrogens is 257 g/mol. The van der Waals surface area contributed by atoms with Gasteiger partial charge in [0.2, 0.25) is 0 Å². The molecule has 0 amide bonds. The lowest BCUT2D eigenvalue weighted by Crippen LogP contribution is -2.17. The standard InChI is InChI=1S/C13H11F3N2O/c14-13(15,16)19-12-7-10(18)5-6-11(12)8-1-3-9(17)4-2-8/h1-7H,17-18H2. The minimum absolute atomic E-state index is 0.193. The summed E-state index contributed by atoms with van der Waals surface area (Å²) in [5.41, 5.74) is 12.6. The van der Waals surface area contributed by atoms with E-state index in [1.54, 1.807) is 24.3 Å². The van der Waals surface area contributed by atoms with Gasteiger partial charge in [-0.1, -0.05) is 12.1 Å². The third-order valence-electron chi connectivity index (χ3n) is 2.45. The first-order chi connectivity index (χ1) is 8.85. The third kappa shape index (κ3) is 3.31. The first-order valence-corrected chi connectivity index (χ1v) is 5.36. The first-order valence-electron chi connectivity index (χ1n) is 5.36. The Hall–Kier alpha value is -2.37. The summed E-state index contributed by atoms with van der Waals surface area (Å²) < 4.78 is 41.0. The SMILES string of the molecule is Nc1ccc(-c2ccc(N)cc2OC(F)(F)F)cc1. The second-order valence-corrected chi connectivity index (χ2v) is 3.93. The lowest BCUT2D eigenvalue weighted by Gasteiger charge is -2.14. The van der Waals surface area contributed by atoms with Crippen molar-refractivity contribution in [1.82, 2.24) is 0 Å². The van der Waals surface area contributed by atoms with Crippen LogP contribution in [0.3, 0.4) is 0 Å². The molecule has 0 saturated heterocycles. The summed E-state index contributed by atoms with van der Waals surface area (Å²) in [5, 5.41) is 0. The van der Waals surface area contributed by atoms with Crippen LogP contribution in [0.5, 0.6) is 5.75 Å². The predicted molar refractivity (Wildman–Crippen MR) is 67.4 cm³/mol. The molecule has 6 heteroatoms. The molecular formula is C13H11F3N2O. The topological polar surface area (TPSA) is 61.3 Å². The second kappa shape index (κ2) is 4.72. The number of rotatable bonds is 2. The van der Waals surface area contributed by atoms with Gasteiger partial charge < -0.3 is 16.2 Å². The van der Waals surface area contributed by atoms with Crippen molar-refractivity contribution in [2.45, 2.75) is 6.36 Å². The molecule has 2 aromatic carbocycles. The Morgan fingerprint density at radius 2 is 1.42 bits per heavy atom. The maximum absolute atomic E-state index is 12.3. The zero-order valence-electron chi connectivity index (χ0n) is 9.74. The summed E-state index contributed by atoms with van der Waals surface area (Å²) in [4.78, 5) is 0. The Labute approximate surface area is 107 Å². The van der Waals surface area contributed by atoms with E-state index in [9.17, 15) is 13.2 Å². The average Bonchev–Trinajstić information content (AvgIpc) is 2.29. The largest absolute Gasteiger partial charge is 0.573 e. The number of benzene rings is 2. The van der Waals surface area contributed by atoms with Crippen LogP contribution < -0.4 is 16.2 Å². The normalized spacial score (nSPS) is 11.3. The number of nitrogens with two attached hydrogens (primary N) is 2. The number of alkyl halides is 3. The molecule has 2 rings (SSSR count). The zero-order valence-corrected chi connectivity index (χ0v) is 9.74. The van der Waals surface area contributed by atoms with Crippen LogP contribution in [0, 0.1) is 0 Å². The number of anilines is 2. The summed E-state index contributed by atoms with van der Waals surface area (Å²) in [6.07, 6.45) is -4.77. The van der Waals surface area contributed by atoms with Crippen LogP contribution in [0.2, 0.25) is 0 Å². The second-order valence-electron chi connectivity index (χ2n) is 3.93. The molecule has 0 aromatic heterocycles. The lowest BCUT2D eigenvalue weighted by molar-refractivity contribution is -0.274. The minimum atomic E-state index is -4.77. The van der Waals surface area contributed by atoms with Crippen molar-refractivity contribution >= 4 is 11.4 Å². The predicted octanol–water partition coefficient (Wildman–Crippen LogP) is 3.42. The Morgan fingerprint density at radius 3 is 2.00 bits per heavy atom. The van der Waals surface area contributed by atoms with E-state index in [0.29, 0.717) is 16.8 Å². The lowest BCUT2D eigenvalue weighted by atomic mass is 10.0. The monoisotopic (exact) mass is 268 g/mol. The molecule has 2 aromatic rings. The fourth-order valence-corrected chi connectivity index (χ4v) is 1.65. The van der Waals surface area contributed by atoms with Gasteiger partial charge in [0.05, 0.1) is 0 Å². The number of hydrogen-bond acceptors (Lipinski definition) is 3. The molecule has 0 aliphatic rings. The van der Waals surface area contributed by atoms with E-state index in [0.717, 1.165) is 6.07 Å². The molecule has 0 aliphatic carbocycles. The fraction of sp³-hybridized carbons (Fsp3) is 0.0769. The average molecular weight is 268 g/mol. The maximum Gasteiger partial charge on any atom is 0.573 e. The van der Waals surface area contributed by atoms with Gasteiger partial charge in [0.25, 0.3) is 0 Å². The molecule has 0 radical (unpaired) electrons. The molecule has 0 aliphatic heterocycles. The molecule has 0 spiro atoms. The van der Waals surface area contributed by atoms with Gasteiger partial charge in [-0.15, -0.1) is 13.2 Å². The van der Waals surface area contributed by atoms with Crippen LogP contribution in [0.4, 0.5) is 24.5 Å². The van der Waals surface area contributed by atoms with Crippen molar-refractivity contribution in [2.24, 2.45) is 0 Å². The zero-order chi connectivity index (χ0) is 14.0. The van der Waals surface area contributed by atoms with Gasteiger partial charge in [0.15, 0.2) is 0 Å². The molecule has 3 nitrogen and oxygen atoms in total. The van der Waals surface area contributed by atoms with E-state index in [4.69, 9.17) is 11.5 Å². The van der Waals surface area contributed by atoms with Gasteiger partial charge in [0, 0.05) is 23.0 Å². The van der Waals surface area contributed by atoms with E-state index in [2.05, 4.69) is 4.74 Å². The number of halogens is 3. The number of hydrogen-bond donors (Lipinski definition) is 2. The summed E-state index contributed by atoms with van der Waals surface area (Å²) in [6, 6.07) is 10.6. The van der Waals surface area contributed by atoms with Crippen molar-refractivity contribution in [2.75, 3.05) is 11.5 Å². The maximum atomic E-state index is 12.3. The molecule has 0 bridgehead atoms. The number of ether oxygens (including phenoxy) is 1. The Morgan fingerprint density at radius 1 is 0.842 bits per heavy atom. The van der Waals surface area contributed by atoms with Gasteiger partial charge in [0.1, 0.15) is 5.75 Å². The van der Waals surface area contributed by atoms with Crippen molar-refractivity contribution in [1.29, 1.82) is 0 Å². The van der Waals surface area contributed by atoms with Crippen LogP contribution in [0.15, 0.2) is 42.5 Å². The summed E-state index contributed by atoms with van der Waals surface area (Å²) in [6.45, 7) is 0. The van der Waals surface area contributed by atoms with Crippen LogP contribution in [0.1, 0.15) is 0 Å². The molecule has 0 heterocycles. The molecule has 0 fully saturated rings. The Balaban J connectivity index is 2.47. The highest BCUT2D eigenvalue weighted by molar-refractivity contribution is 5.74. The summed E-state index contributed by atoms with van der Waals surface area (Å²) in [5.74, 6) is -0.336. The van der Waals surface area contributed by atoms with Gasteiger partial charge in [-0.25, -0.2) is 0 Å². The number of nitrogen functional groups attached to an aromatic ring is 2. The molecule has 100 valence electrons. The molecule has 19 heavy (non-hydrogen) atoms. The summed E-state index contributed by atoms with van der Waals surface area (Å²) >= 11 is 0. The van der Waals surface area contributed by atoms with Crippen molar-refractivity contribution < 1.29 is 17.9 Å². The van der Waals surface area contributed by atoms with Gasteiger partial charge >= 0.3 is 6.36 Å². The minimum Gasteiger partial charge on any atom is -0.405 e. The van der Waals surface area contributed by atoms with E-state index >= 15 is 0 Å². The summed E-state index contributed by atoms with van der Waals surface area (Å²) in [7, 11) is 0. The quantitative estimate of drug-likeness (QED) is 0.820. The van der Waals surface area contributed by atoms with E-state index in [1.165, 1.54) is 12.1 Å².